The van der Waals surface area contributed by atoms with E-state index in [9.17, 15) is 32.3 Å². The first-order chi connectivity index (χ1) is 15.8. The molecule has 0 bridgehead atoms. The molecule has 0 amide bonds. The Morgan fingerprint density at radius 2 is 1.62 bits per heavy atom. The number of carbonyl (C=O) groups excluding carboxylic acids is 3. The zero-order valence-corrected chi connectivity index (χ0v) is 19.7. The Bertz CT molecular complexity index is 1160. The van der Waals surface area contributed by atoms with Crippen LogP contribution in [0, 0.1) is 0 Å². The van der Waals surface area contributed by atoms with E-state index in [4.69, 9.17) is 18.6 Å². The predicted molar refractivity (Wildman–Crippen MR) is 116 cm³/mol. The number of rotatable bonds is 5. The predicted octanol–water partition coefficient (Wildman–Crippen LogP) is 3.77. The van der Waals surface area contributed by atoms with Crippen LogP contribution in [0.1, 0.15) is 26.3 Å². The Hall–Kier alpha value is -2.67. The highest BCUT2D eigenvalue weighted by molar-refractivity contribution is 8.17. The first-order valence-corrected chi connectivity index (χ1v) is 11.7. The fourth-order valence-corrected chi connectivity index (χ4v) is 6.21. The molecule has 0 aliphatic carbocycles. The molecular formula is C21H19F3O8S2. The minimum atomic E-state index is -4.74. The minimum absolute atomic E-state index is 0.202. The number of alkyl halides is 3. The Labute approximate surface area is 199 Å². The van der Waals surface area contributed by atoms with Crippen molar-refractivity contribution in [2.45, 2.75) is 54.7 Å². The van der Waals surface area contributed by atoms with Crippen LogP contribution in [0.2, 0.25) is 0 Å². The van der Waals surface area contributed by atoms with Gasteiger partial charge in [-0.1, -0.05) is 0 Å². The van der Waals surface area contributed by atoms with Crippen LogP contribution in [0.15, 0.2) is 38.4 Å². The molecule has 1 saturated heterocycles. The summed E-state index contributed by atoms with van der Waals surface area (Å²) < 4.78 is 60.2. The van der Waals surface area contributed by atoms with E-state index in [2.05, 4.69) is 0 Å². The van der Waals surface area contributed by atoms with Crippen LogP contribution in [0.25, 0.3) is 11.0 Å². The van der Waals surface area contributed by atoms with E-state index in [1.165, 1.54) is 36.9 Å². The highest BCUT2D eigenvalue weighted by Crippen LogP contribution is 2.43. The molecule has 2 heterocycles. The lowest BCUT2D eigenvalue weighted by molar-refractivity contribution is -0.180. The molecule has 0 radical (unpaired) electrons. The largest absolute Gasteiger partial charge is 0.458 e. The molecule has 2 aromatic rings. The number of hydrogen-bond donors (Lipinski definition) is 0. The second-order valence-electron chi connectivity index (χ2n) is 7.25. The number of thioether (sulfide) groups is 2. The summed E-state index contributed by atoms with van der Waals surface area (Å²) in [4.78, 5) is 47.0. The van der Waals surface area contributed by atoms with Gasteiger partial charge in [0.25, 0.3) is 0 Å². The van der Waals surface area contributed by atoms with Crippen molar-refractivity contribution < 1.29 is 46.2 Å². The maximum absolute atomic E-state index is 13.3. The average molecular weight is 521 g/mol. The summed E-state index contributed by atoms with van der Waals surface area (Å²) in [7, 11) is 0. The van der Waals surface area contributed by atoms with Crippen molar-refractivity contribution in [1.29, 1.82) is 0 Å². The number of carbonyl (C=O) groups is 3. The summed E-state index contributed by atoms with van der Waals surface area (Å²) in [5.74, 6) is -1.76. The van der Waals surface area contributed by atoms with Gasteiger partial charge in [0, 0.05) is 42.9 Å². The molecule has 1 fully saturated rings. The van der Waals surface area contributed by atoms with Crippen molar-refractivity contribution >= 4 is 52.4 Å². The van der Waals surface area contributed by atoms with E-state index < -0.39 is 58.2 Å². The van der Waals surface area contributed by atoms with Crippen molar-refractivity contribution in [2.24, 2.45) is 0 Å². The number of benzene rings is 1. The molecule has 3 rings (SSSR count). The number of halogens is 3. The molecular weight excluding hydrogens is 501 g/mol. The van der Waals surface area contributed by atoms with Gasteiger partial charge in [-0.2, -0.15) is 13.2 Å². The van der Waals surface area contributed by atoms with Crippen molar-refractivity contribution in [3.05, 3.63) is 40.2 Å². The zero-order chi connectivity index (χ0) is 25.2. The lowest BCUT2D eigenvalue weighted by Gasteiger charge is -2.39. The number of ether oxygens (including phenoxy) is 3. The summed E-state index contributed by atoms with van der Waals surface area (Å²) in [6, 6.07) is 4.26. The highest BCUT2D eigenvalue weighted by Gasteiger charge is 2.46. The van der Waals surface area contributed by atoms with Gasteiger partial charge in [0.2, 0.25) is 0 Å². The lowest BCUT2D eigenvalue weighted by atomic mass is 10.1. The molecule has 0 saturated carbocycles. The van der Waals surface area contributed by atoms with Crippen molar-refractivity contribution in [3.8, 4) is 0 Å². The summed E-state index contributed by atoms with van der Waals surface area (Å²) in [5.41, 5.74) is -2.52. The van der Waals surface area contributed by atoms with Gasteiger partial charge in [-0.05, 0) is 18.2 Å². The standard InChI is InChI=1S/C21H19F3O8S2/c1-9(25)29-16-8-33-20(19(31-11(3)27)18(16)30-10(2)26)34-12-4-5-13-14(21(22,23)24)7-17(28)32-15(13)6-12/h4-7,16,18-20H,8H2,1-3H3/t16-,18+,19-,20+/m1/s1. The molecule has 1 aromatic carbocycles. The van der Waals surface area contributed by atoms with Crippen molar-refractivity contribution in [1.82, 2.24) is 0 Å². The molecule has 4 atom stereocenters. The van der Waals surface area contributed by atoms with Crippen LogP contribution >= 0.6 is 23.5 Å². The smallest absolute Gasteiger partial charge is 0.417 e. The van der Waals surface area contributed by atoms with Crippen LogP contribution in [0.5, 0.6) is 0 Å². The zero-order valence-electron chi connectivity index (χ0n) is 18.0. The fraction of sp³-hybridized carbons (Fsp3) is 0.429. The second kappa shape index (κ2) is 10.3. The molecule has 1 aliphatic heterocycles. The van der Waals surface area contributed by atoms with Gasteiger partial charge in [-0.15, -0.1) is 23.5 Å². The molecule has 0 spiro atoms. The van der Waals surface area contributed by atoms with E-state index in [0.717, 1.165) is 25.6 Å². The number of fused-ring (bicyclic) bond motifs is 1. The van der Waals surface area contributed by atoms with Gasteiger partial charge < -0.3 is 18.6 Å². The second-order valence-corrected chi connectivity index (χ2v) is 9.94. The SMILES string of the molecule is CC(=O)O[C@@H]1[C@@H](OC(C)=O)[C@H](Sc2ccc3c(C(F)(F)F)cc(=O)oc3c2)SC[C@H]1OC(C)=O. The molecule has 0 N–H and O–H groups in total. The van der Waals surface area contributed by atoms with Crippen LogP contribution in [-0.2, 0) is 34.8 Å². The Balaban J connectivity index is 1.96. The third-order valence-electron chi connectivity index (χ3n) is 4.58. The Kier molecular flexibility index (Phi) is 7.86. The molecule has 13 heteroatoms. The van der Waals surface area contributed by atoms with Gasteiger partial charge in [0.05, 0.1) is 10.1 Å². The number of hydrogen-bond acceptors (Lipinski definition) is 10. The van der Waals surface area contributed by atoms with Gasteiger partial charge >= 0.3 is 29.7 Å². The molecule has 0 unspecified atom stereocenters. The molecule has 184 valence electrons. The van der Waals surface area contributed by atoms with Gasteiger partial charge in [0.15, 0.2) is 18.3 Å². The summed E-state index contributed by atoms with van der Waals surface area (Å²) >= 11 is 2.36. The highest BCUT2D eigenvalue weighted by atomic mass is 32.2. The van der Waals surface area contributed by atoms with E-state index in [1.54, 1.807) is 0 Å². The first-order valence-electron chi connectivity index (χ1n) is 9.80. The third kappa shape index (κ3) is 6.26. The van der Waals surface area contributed by atoms with Gasteiger partial charge in [-0.25, -0.2) is 4.79 Å². The normalized spacial score (nSPS) is 22.8. The van der Waals surface area contributed by atoms with Crippen LogP contribution < -0.4 is 5.63 Å². The maximum atomic E-state index is 13.3. The number of esters is 3. The third-order valence-corrected chi connectivity index (χ3v) is 7.42. The fourth-order valence-electron chi connectivity index (χ4n) is 3.39. The van der Waals surface area contributed by atoms with Crippen LogP contribution in [0.3, 0.4) is 0 Å². The molecule has 34 heavy (non-hydrogen) atoms. The monoisotopic (exact) mass is 520 g/mol. The quantitative estimate of drug-likeness (QED) is 0.328. The first kappa shape index (κ1) is 25.9. The molecule has 1 aliphatic rings. The summed E-state index contributed by atoms with van der Waals surface area (Å²) in [6.07, 6.45) is -7.76. The minimum Gasteiger partial charge on any atom is -0.458 e. The Morgan fingerprint density at radius 3 is 2.21 bits per heavy atom. The topological polar surface area (TPSA) is 109 Å². The van der Waals surface area contributed by atoms with E-state index in [-0.39, 0.29) is 16.7 Å². The summed E-state index contributed by atoms with van der Waals surface area (Å²) in [6.45, 7) is 3.51. The molecule has 1 aromatic heterocycles. The van der Waals surface area contributed by atoms with E-state index >= 15 is 0 Å². The van der Waals surface area contributed by atoms with E-state index in [1.807, 2.05) is 0 Å². The van der Waals surface area contributed by atoms with Gasteiger partial charge in [-0.3, -0.25) is 14.4 Å². The Morgan fingerprint density at radius 1 is 1.00 bits per heavy atom. The molecule has 8 nitrogen and oxygen atoms in total. The van der Waals surface area contributed by atoms with Crippen LogP contribution in [0.4, 0.5) is 13.2 Å². The maximum Gasteiger partial charge on any atom is 0.417 e. The lowest BCUT2D eigenvalue weighted by Crippen LogP contribution is -2.53. The average Bonchev–Trinajstić information content (AvgIpc) is 2.69. The van der Waals surface area contributed by atoms with Crippen molar-refractivity contribution in [2.75, 3.05) is 5.75 Å². The van der Waals surface area contributed by atoms with Gasteiger partial charge in [0.1, 0.15) is 5.58 Å². The van der Waals surface area contributed by atoms with Crippen molar-refractivity contribution in [3.63, 3.8) is 0 Å². The van der Waals surface area contributed by atoms with Crippen LogP contribution in [-0.4, -0.2) is 46.6 Å². The summed E-state index contributed by atoms with van der Waals surface area (Å²) in [5, 5.41) is -0.281. The van der Waals surface area contributed by atoms with E-state index in [0.29, 0.717) is 11.0 Å².